The van der Waals surface area contributed by atoms with Crippen molar-refractivity contribution in [3.05, 3.63) is 0 Å². The molecule has 1 aliphatic heterocycles. The summed E-state index contributed by atoms with van der Waals surface area (Å²) in [6, 6.07) is -2.22. The number of ether oxygens (including phenoxy) is 1. The first-order chi connectivity index (χ1) is 27.6. The van der Waals surface area contributed by atoms with Crippen molar-refractivity contribution in [2.24, 2.45) is 0 Å². The van der Waals surface area contributed by atoms with Crippen LogP contribution in [0.2, 0.25) is 0 Å². The van der Waals surface area contributed by atoms with Crippen LogP contribution in [0.1, 0.15) is 213 Å². The Labute approximate surface area is 346 Å². The molecule has 0 saturated carbocycles. The fourth-order valence-electron chi connectivity index (χ4n) is 7.71. The Balaban J connectivity index is 2.81. The van der Waals surface area contributed by atoms with Gasteiger partial charge in [0, 0.05) is 25.8 Å². The van der Waals surface area contributed by atoms with E-state index in [0.29, 0.717) is 32.2 Å². The van der Waals surface area contributed by atoms with Crippen molar-refractivity contribution < 1.29 is 44.3 Å². The maximum absolute atomic E-state index is 13.9. The minimum absolute atomic E-state index is 0.0464. The third-order valence-electron chi connectivity index (χ3n) is 11.4. The van der Waals surface area contributed by atoms with Gasteiger partial charge in [-0.05, 0) is 32.6 Å². The number of unbranched alkanes of at least 4 members (excludes halogenated alkanes) is 24. The number of amides is 3. The van der Waals surface area contributed by atoms with Gasteiger partial charge in [0.2, 0.25) is 17.7 Å². The van der Waals surface area contributed by atoms with E-state index in [1.807, 2.05) is 0 Å². The first kappa shape index (κ1) is 52.7. The summed E-state index contributed by atoms with van der Waals surface area (Å²) in [5, 5.41) is 46.3. The third-order valence-corrected chi connectivity index (χ3v) is 11.4. The van der Waals surface area contributed by atoms with Crippen molar-refractivity contribution >= 4 is 23.7 Å². The van der Waals surface area contributed by atoms with Crippen molar-refractivity contribution in [3.8, 4) is 0 Å². The standard InChI is InChI=1S/C45H85N3O9/c1-4-6-8-10-12-14-15-16-17-18-19-20-22-24-26-30-34-48(39(51)32-27-25-23-21-13-11-9-7-5-2)45-41(43(55)42(54)37(35-49)57-45)47-44(56)36(3)46-38(50)31-28-29-33-40(52)53/h36-37,41-43,45,49,54-55H,4-35H2,1-3H3,(H,46,50)(H,47,56)(H,52,53)/t36-,37+,41+,42+,43+,45+/m0/s1. The highest BCUT2D eigenvalue weighted by molar-refractivity contribution is 5.87. The SMILES string of the molecule is CCCCCCCCCCCCCCCCCCN(C(=O)CCCCCCCCCCC)[C@@H]1O[C@H](CO)[C@@H](O)[C@H](O)[C@H]1NC(=O)[C@H](C)NC(=O)CCCCC(=O)O. The van der Waals surface area contributed by atoms with Crippen molar-refractivity contribution in [1.82, 2.24) is 15.5 Å². The van der Waals surface area contributed by atoms with Gasteiger partial charge in [0.25, 0.3) is 0 Å². The molecule has 334 valence electrons. The van der Waals surface area contributed by atoms with Crippen molar-refractivity contribution in [3.63, 3.8) is 0 Å². The Bertz CT molecular complexity index is 1050. The van der Waals surface area contributed by atoms with Gasteiger partial charge >= 0.3 is 5.97 Å². The molecule has 0 spiro atoms. The number of nitrogens with zero attached hydrogens (tertiary/aromatic N) is 1. The smallest absolute Gasteiger partial charge is 0.303 e. The lowest BCUT2D eigenvalue weighted by atomic mass is 9.94. The van der Waals surface area contributed by atoms with Crippen LogP contribution in [0.15, 0.2) is 0 Å². The van der Waals surface area contributed by atoms with Crippen LogP contribution in [-0.2, 0) is 23.9 Å². The molecule has 1 heterocycles. The summed E-state index contributed by atoms with van der Waals surface area (Å²) < 4.78 is 6.13. The maximum Gasteiger partial charge on any atom is 0.303 e. The van der Waals surface area contributed by atoms with Crippen LogP contribution in [0.3, 0.4) is 0 Å². The number of aliphatic hydroxyl groups excluding tert-OH is 3. The van der Waals surface area contributed by atoms with Gasteiger partial charge in [0.1, 0.15) is 30.4 Å². The number of nitrogens with one attached hydrogen (secondary N) is 2. The second-order valence-corrected chi connectivity index (χ2v) is 16.6. The summed E-state index contributed by atoms with van der Waals surface area (Å²) in [6.07, 6.45) is 25.2. The second-order valence-electron chi connectivity index (χ2n) is 16.6. The number of aliphatic carboxylic acids is 1. The number of hydrogen-bond donors (Lipinski definition) is 6. The second kappa shape index (κ2) is 34.6. The van der Waals surface area contributed by atoms with Crippen LogP contribution in [0.4, 0.5) is 0 Å². The maximum atomic E-state index is 13.9. The zero-order valence-corrected chi connectivity index (χ0v) is 36.4. The van der Waals surface area contributed by atoms with E-state index in [2.05, 4.69) is 24.5 Å². The van der Waals surface area contributed by atoms with Crippen LogP contribution in [-0.4, -0.2) is 98.8 Å². The largest absolute Gasteiger partial charge is 0.481 e. The summed E-state index contributed by atoms with van der Waals surface area (Å²) in [5.74, 6) is -2.14. The fraction of sp³-hybridized carbons (Fsp3) is 0.911. The lowest BCUT2D eigenvalue weighted by Gasteiger charge is -2.47. The highest BCUT2D eigenvalue weighted by Gasteiger charge is 2.48. The molecule has 3 amide bonds. The molecule has 0 unspecified atom stereocenters. The van der Waals surface area contributed by atoms with Gasteiger partial charge in [-0.1, -0.05) is 162 Å². The number of carbonyl (C=O) groups is 4. The van der Waals surface area contributed by atoms with Gasteiger partial charge in [-0.3, -0.25) is 19.2 Å². The van der Waals surface area contributed by atoms with Gasteiger partial charge in [-0.15, -0.1) is 0 Å². The van der Waals surface area contributed by atoms with E-state index in [0.717, 1.165) is 38.5 Å². The van der Waals surface area contributed by atoms with Crippen LogP contribution in [0.25, 0.3) is 0 Å². The molecule has 0 aromatic carbocycles. The molecule has 6 N–H and O–H groups in total. The van der Waals surface area contributed by atoms with E-state index in [9.17, 15) is 34.5 Å². The van der Waals surface area contributed by atoms with Crippen LogP contribution >= 0.6 is 0 Å². The predicted molar refractivity (Wildman–Crippen MR) is 227 cm³/mol. The molecule has 0 radical (unpaired) electrons. The lowest BCUT2D eigenvalue weighted by molar-refractivity contribution is -0.231. The number of hydrogen-bond acceptors (Lipinski definition) is 8. The Morgan fingerprint density at radius 2 is 1.02 bits per heavy atom. The fourth-order valence-corrected chi connectivity index (χ4v) is 7.71. The molecule has 0 bridgehead atoms. The van der Waals surface area contributed by atoms with Gasteiger partial charge in [-0.2, -0.15) is 0 Å². The van der Waals surface area contributed by atoms with Crippen LogP contribution in [0.5, 0.6) is 0 Å². The van der Waals surface area contributed by atoms with Crippen molar-refractivity contribution in [2.45, 2.75) is 250 Å². The average molecular weight is 812 g/mol. The predicted octanol–water partition coefficient (Wildman–Crippen LogP) is 8.07. The number of carboxylic acid groups (broad SMARTS) is 1. The molecule has 1 rings (SSSR count). The number of carbonyl (C=O) groups excluding carboxylic acids is 3. The van der Waals surface area contributed by atoms with E-state index < -0.39 is 61.0 Å². The van der Waals surface area contributed by atoms with Gasteiger partial charge in [-0.25, -0.2) is 0 Å². The molecule has 12 nitrogen and oxygen atoms in total. The topological polar surface area (TPSA) is 186 Å². The van der Waals surface area contributed by atoms with E-state index in [1.165, 1.54) is 116 Å². The minimum Gasteiger partial charge on any atom is -0.481 e. The first-order valence-electron chi connectivity index (χ1n) is 23.3. The third kappa shape index (κ3) is 25.1. The molecule has 0 aromatic rings. The Kier molecular flexibility index (Phi) is 32.0. The molecular formula is C45H85N3O9. The summed E-state index contributed by atoms with van der Waals surface area (Å²) in [5.41, 5.74) is 0. The summed E-state index contributed by atoms with van der Waals surface area (Å²) in [4.78, 5) is 52.1. The average Bonchev–Trinajstić information content (AvgIpc) is 3.19. The lowest BCUT2D eigenvalue weighted by Crippen LogP contribution is -2.69. The minimum atomic E-state index is -1.54. The quantitative estimate of drug-likeness (QED) is 0.0338. The van der Waals surface area contributed by atoms with Gasteiger partial charge in [0.15, 0.2) is 6.23 Å². The molecule has 0 aromatic heterocycles. The normalized spacial score (nSPS) is 19.9. The summed E-state index contributed by atoms with van der Waals surface area (Å²) >= 11 is 0. The molecule has 0 aliphatic carbocycles. The molecule has 1 saturated heterocycles. The molecule has 6 atom stereocenters. The highest BCUT2D eigenvalue weighted by Crippen LogP contribution is 2.26. The molecular weight excluding hydrogens is 727 g/mol. The molecule has 57 heavy (non-hydrogen) atoms. The van der Waals surface area contributed by atoms with Gasteiger partial charge in [0.05, 0.1) is 6.61 Å². The number of aliphatic hydroxyl groups is 3. The van der Waals surface area contributed by atoms with Crippen LogP contribution < -0.4 is 10.6 Å². The van der Waals surface area contributed by atoms with Gasteiger partial charge < -0.3 is 40.7 Å². The van der Waals surface area contributed by atoms with Crippen molar-refractivity contribution in [2.75, 3.05) is 13.2 Å². The molecule has 1 aliphatic rings. The zero-order valence-electron chi connectivity index (χ0n) is 36.4. The molecule has 12 heteroatoms. The number of carboxylic acids is 1. The molecule has 1 fully saturated rings. The zero-order chi connectivity index (χ0) is 42.1. The Morgan fingerprint density at radius 3 is 1.47 bits per heavy atom. The van der Waals surface area contributed by atoms with E-state index in [1.54, 1.807) is 4.90 Å². The van der Waals surface area contributed by atoms with E-state index in [4.69, 9.17) is 9.84 Å². The van der Waals surface area contributed by atoms with Crippen molar-refractivity contribution in [1.29, 1.82) is 0 Å². The number of rotatable bonds is 37. The van der Waals surface area contributed by atoms with E-state index >= 15 is 0 Å². The monoisotopic (exact) mass is 812 g/mol. The summed E-state index contributed by atoms with van der Waals surface area (Å²) in [6.45, 7) is 5.72. The van der Waals surface area contributed by atoms with E-state index in [-0.39, 0.29) is 25.2 Å². The highest BCUT2D eigenvalue weighted by atomic mass is 16.5. The Hall–Kier alpha value is -2.28. The summed E-state index contributed by atoms with van der Waals surface area (Å²) in [7, 11) is 0. The first-order valence-corrected chi connectivity index (χ1v) is 23.3. The Morgan fingerprint density at radius 1 is 0.596 bits per heavy atom. The van der Waals surface area contributed by atoms with Crippen LogP contribution in [0, 0.1) is 0 Å².